The van der Waals surface area contributed by atoms with Gasteiger partial charge in [0, 0.05) is 19.2 Å². The second kappa shape index (κ2) is 3.21. The summed E-state index contributed by atoms with van der Waals surface area (Å²) in [6, 6.07) is 0. The van der Waals surface area contributed by atoms with Gasteiger partial charge < -0.3 is 4.57 Å². The molecule has 0 fully saturated rings. The molecule has 0 N–H and O–H groups in total. The van der Waals surface area contributed by atoms with Crippen LogP contribution in [0.4, 0.5) is 0 Å². The second-order valence-corrected chi connectivity index (χ2v) is 3.62. The van der Waals surface area contributed by atoms with Gasteiger partial charge >= 0.3 is 0 Å². The highest BCUT2D eigenvalue weighted by Crippen LogP contribution is 2.27. The lowest BCUT2D eigenvalue weighted by Crippen LogP contribution is -2.07. The van der Waals surface area contributed by atoms with Gasteiger partial charge in [-0.25, -0.2) is 4.98 Å². The van der Waals surface area contributed by atoms with Gasteiger partial charge in [0.15, 0.2) is 0 Å². The van der Waals surface area contributed by atoms with Gasteiger partial charge in [-0.05, 0) is 5.92 Å². The van der Waals surface area contributed by atoms with Crippen molar-refractivity contribution >= 4 is 0 Å². The normalized spacial score (nSPS) is 26.6. The Hall–Kier alpha value is -1.31. The third-order valence-electron chi connectivity index (χ3n) is 2.48. The van der Waals surface area contributed by atoms with E-state index in [0.717, 1.165) is 5.69 Å². The summed E-state index contributed by atoms with van der Waals surface area (Å²) in [5, 5.41) is 0. The predicted octanol–water partition coefficient (Wildman–Crippen LogP) is 2.27. The molecule has 1 aliphatic carbocycles. The first-order valence-electron chi connectivity index (χ1n) is 4.60. The molecule has 0 aromatic carbocycles. The summed E-state index contributed by atoms with van der Waals surface area (Å²) in [4.78, 5) is 4.37. The van der Waals surface area contributed by atoms with Crippen LogP contribution in [0.5, 0.6) is 0 Å². The minimum atomic E-state index is 0.450. The van der Waals surface area contributed by atoms with E-state index in [0.29, 0.717) is 11.8 Å². The summed E-state index contributed by atoms with van der Waals surface area (Å²) in [6.45, 7) is 2.22. The highest BCUT2D eigenvalue weighted by Gasteiger charge is 2.17. The maximum Gasteiger partial charge on any atom is 0.0947 e. The number of aryl methyl sites for hydroxylation is 1. The van der Waals surface area contributed by atoms with Crippen LogP contribution < -0.4 is 0 Å². The number of nitrogens with zero attached hydrogens (tertiary/aromatic N) is 2. The van der Waals surface area contributed by atoms with E-state index in [4.69, 9.17) is 0 Å². The lowest BCUT2D eigenvalue weighted by atomic mass is 9.88. The Balaban J connectivity index is 2.26. The molecule has 0 amide bonds. The predicted molar refractivity (Wildman–Crippen MR) is 53.4 cm³/mol. The molecule has 13 heavy (non-hydrogen) atoms. The molecule has 0 saturated heterocycles. The number of allylic oxidation sites excluding steroid dienone is 4. The molecule has 0 aliphatic heterocycles. The zero-order valence-electron chi connectivity index (χ0n) is 8.01. The topological polar surface area (TPSA) is 17.8 Å². The van der Waals surface area contributed by atoms with Crippen molar-refractivity contribution in [1.82, 2.24) is 9.55 Å². The number of hydrogen-bond donors (Lipinski definition) is 0. The molecule has 2 heteroatoms. The van der Waals surface area contributed by atoms with E-state index in [9.17, 15) is 0 Å². The second-order valence-electron chi connectivity index (χ2n) is 3.62. The van der Waals surface area contributed by atoms with Crippen molar-refractivity contribution in [2.75, 3.05) is 0 Å². The smallest absolute Gasteiger partial charge is 0.0947 e. The molecule has 2 atom stereocenters. The lowest BCUT2D eigenvalue weighted by Gasteiger charge is -2.17. The summed E-state index contributed by atoms with van der Waals surface area (Å²) < 4.78 is 1.99. The van der Waals surface area contributed by atoms with Crippen molar-refractivity contribution in [2.24, 2.45) is 13.0 Å². The van der Waals surface area contributed by atoms with Crippen LogP contribution in [0.15, 0.2) is 36.8 Å². The van der Waals surface area contributed by atoms with Crippen molar-refractivity contribution < 1.29 is 0 Å². The van der Waals surface area contributed by atoms with Crippen LogP contribution in [0.25, 0.3) is 0 Å². The summed E-state index contributed by atoms with van der Waals surface area (Å²) in [5.74, 6) is 1.01. The van der Waals surface area contributed by atoms with Crippen LogP contribution >= 0.6 is 0 Å². The summed E-state index contributed by atoms with van der Waals surface area (Å²) in [6.07, 6.45) is 12.6. The number of rotatable bonds is 1. The first kappa shape index (κ1) is 8.30. The quantitative estimate of drug-likeness (QED) is 0.638. The van der Waals surface area contributed by atoms with Crippen LogP contribution in [-0.4, -0.2) is 9.55 Å². The molecule has 0 saturated carbocycles. The Bertz CT molecular complexity index is 347. The van der Waals surface area contributed by atoms with Crippen LogP contribution in [0.3, 0.4) is 0 Å². The number of hydrogen-bond acceptors (Lipinski definition) is 1. The Morgan fingerprint density at radius 2 is 2.08 bits per heavy atom. The van der Waals surface area contributed by atoms with Gasteiger partial charge in [-0.15, -0.1) is 0 Å². The molecule has 2 nitrogen and oxygen atoms in total. The van der Waals surface area contributed by atoms with Crippen LogP contribution in [-0.2, 0) is 7.05 Å². The maximum absolute atomic E-state index is 4.37. The van der Waals surface area contributed by atoms with Gasteiger partial charge in [-0.3, -0.25) is 0 Å². The first-order chi connectivity index (χ1) is 6.27. The van der Waals surface area contributed by atoms with Crippen LogP contribution in [0.1, 0.15) is 18.5 Å². The molecule has 1 aromatic heterocycles. The fourth-order valence-electron chi connectivity index (χ4n) is 1.69. The van der Waals surface area contributed by atoms with Gasteiger partial charge in [0.1, 0.15) is 0 Å². The van der Waals surface area contributed by atoms with E-state index in [1.54, 1.807) is 0 Å². The first-order valence-corrected chi connectivity index (χ1v) is 4.60. The molecule has 1 aliphatic rings. The standard InChI is InChI=1S/C11H14N2/c1-9-5-3-4-6-10(9)11-7-13(2)8-12-11/h3-10H,1-2H3. The van der Waals surface area contributed by atoms with E-state index in [1.807, 2.05) is 17.9 Å². The zero-order chi connectivity index (χ0) is 9.26. The van der Waals surface area contributed by atoms with Gasteiger partial charge in [-0.2, -0.15) is 0 Å². The Kier molecular flexibility index (Phi) is 2.05. The van der Waals surface area contributed by atoms with Crippen molar-refractivity contribution in [3.05, 3.63) is 42.5 Å². The Morgan fingerprint density at radius 1 is 1.31 bits per heavy atom. The summed E-state index contributed by atoms with van der Waals surface area (Å²) in [5.41, 5.74) is 1.16. The van der Waals surface area contributed by atoms with Gasteiger partial charge in [0.2, 0.25) is 0 Å². The summed E-state index contributed by atoms with van der Waals surface area (Å²) >= 11 is 0. The third kappa shape index (κ3) is 1.57. The molecule has 1 heterocycles. The Morgan fingerprint density at radius 3 is 2.69 bits per heavy atom. The molecule has 2 rings (SSSR count). The number of aromatic nitrogens is 2. The van der Waals surface area contributed by atoms with Crippen molar-refractivity contribution in [3.63, 3.8) is 0 Å². The molecule has 68 valence electrons. The van der Waals surface area contributed by atoms with Crippen LogP contribution in [0, 0.1) is 5.92 Å². The van der Waals surface area contributed by atoms with E-state index >= 15 is 0 Å². The minimum Gasteiger partial charge on any atom is -0.340 e. The summed E-state index contributed by atoms with van der Waals surface area (Å²) in [7, 11) is 2.00. The van der Waals surface area contributed by atoms with E-state index in [1.165, 1.54) is 0 Å². The van der Waals surface area contributed by atoms with Gasteiger partial charge in [-0.1, -0.05) is 31.2 Å². The van der Waals surface area contributed by atoms with Crippen molar-refractivity contribution in [1.29, 1.82) is 0 Å². The van der Waals surface area contributed by atoms with E-state index < -0.39 is 0 Å². The minimum absolute atomic E-state index is 0.450. The van der Waals surface area contributed by atoms with E-state index in [-0.39, 0.29) is 0 Å². The SMILES string of the molecule is CC1C=CC=CC1c1cn(C)cn1. The molecule has 2 unspecified atom stereocenters. The lowest BCUT2D eigenvalue weighted by molar-refractivity contribution is 0.622. The zero-order valence-corrected chi connectivity index (χ0v) is 8.01. The van der Waals surface area contributed by atoms with Crippen molar-refractivity contribution in [3.8, 4) is 0 Å². The molecule has 0 bridgehead atoms. The fraction of sp³-hybridized carbons (Fsp3) is 0.364. The van der Waals surface area contributed by atoms with Crippen molar-refractivity contribution in [2.45, 2.75) is 12.8 Å². The van der Waals surface area contributed by atoms with Gasteiger partial charge in [0.25, 0.3) is 0 Å². The van der Waals surface area contributed by atoms with E-state index in [2.05, 4.69) is 42.4 Å². The average Bonchev–Trinajstić information content (AvgIpc) is 2.53. The molecular weight excluding hydrogens is 160 g/mol. The monoisotopic (exact) mass is 174 g/mol. The van der Waals surface area contributed by atoms with Gasteiger partial charge in [0.05, 0.1) is 12.0 Å². The number of imidazole rings is 1. The average molecular weight is 174 g/mol. The fourth-order valence-corrected chi connectivity index (χ4v) is 1.69. The largest absolute Gasteiger partial charge is 0.340 e. The molecular formula is C11H14N2. The molecule has 1 aromatic rings. The molecule has 0 spiro atoms. The molecule has 0 radical (unpaired) electrons. The van der Waals surface area contributed by atoms with Crippen LogP contribution in [0.2, 0.25) is 0 Å². The maximum atomic E-state index is 4.37. The third-order valence-corrected chi connectivity index (χ3v) is 2.48. The highest BCUT2D eigenvalue weighted by atomic mass is 15.0. The Labute approximate surface area is 78.6 Å². The highest BCUT2D eigenvalue weighted by molar-refractivity contribution is 5.24.